The lowest BCUT2D eigenvalue weighted by Gasteiger charge is -2.33. The minimum absolute atomic E-state index is 0.0274. The number of aromatic amines is 1. The van der Waals surface area contributed by atoms with E-state index in [0.29, 0.717) is 17.9 Å². The van der Waals surface area contributed by atoms with Crippen molar-refractivity contribution in [2.75, 3.05) is 19.6 Å². The predicted molar refractivity (Wildman–Crippen MR) is 121 cm³/mol. The van der Waals surface area contributed by atoms with Crippen molar-refractivity contribution in [2.24, 2.45) is 5.92 Å². The van der Waals surface area contributed by atoms with Gasteiger partial charge in [0.2, 0.25) is 0 Å². The summed E-state index contributed by atoms with van der Waals surface area (Å²) in [6.07, 6.45) is 12.6. The number of H-pyrrole nitrogens is 1. The number of fused-ring (bicyclic) bond motifs is 1. The van der Waals surface area contributed by atoms with Gasteiger partial charge in [-0.2, -0.15) is 5.10 Å². The topological polar surface area (TPSA) is 87.1 Å². The Morgan fingerprint density at radius 2 is 2.00 bits per heavy atom. The minimum atomic E-state index is -0.181. The molecule has 2 aliphatic heterocycles. The van der Waals surface area contributed by atoms with Crippen LogP contribution in [-0.4, -0.2) is 55.1 Å². The molecule has 32 heavy (non-hydrogen) atoms. The fraction of sp³-hybridized carbons (Fsp3) is 0.667. The minimum Gasteiger partial charge on any atom is -0.328 e. The Morgan fingerprint density at radius 1 is 1.16 bits per heavy atom. The Balaban J connectivity index is 1.35. The number of carbonyl (C=O) groups is 1. The average molecular weight is 439 g/mol. The van der Waals surface area contributed by atoms with Crippen molar-refractivity contribution >= 4 is 5.91 Å². The largest absolute Gasteiger partial charge is 0.328 e. The molecule has 0 aromatic carbocycles. The monoisotopic (exact) mass is 438 g/mol. The molecule has 1 N–H and O–H groups in total. The zero-order valence-electron chi connectivity index (χ0n) is 19.1. The number of hydrogen-bond donors (Lipinski definition) is 1. The molecule has 8 nitrogen and oxygen atoms in total. The Bertz CT molecular complexity index is 1020. The third-order valence-electron chi connectivity index (χ3n) is 7.45. The summed E-state index contributed by atoms with van der Waals surface area (Å²) in [6.45, 7) is 6.19. The number of carbonyl (C=O) groups excluding carboxylic acids is 1. The Morgan fingerprint density at radius 3 is 2.78 bits per heavy atom. The van der Waals surface area contributed by atoms with Gasteiger partial charge >= 0.3 is 0 Å². The highest BCUT2D eigenvalue weighted by Gasteiger charge is 2.34. The van der Waals surface area contributed by atoms with Crippen LogP contribution in [0.4, 0.5) is 0 Å². The molecule has 1 amide bonds. The average Bonchev–Trinajstić information content (AvgIpc) is 3.49. The number of amides is 1. The first-order valence-electron chi connectivity index (χ1n) is 12.3. The SMILES string of the molecule is CCn1cc(C(=O)N2CCC[C@@H]2c2nc3c(c(=O)[nH]2)CCN(CC2CCCCC2)C3)cn1. The van der Waals surface area contributed by atoms with Crippen molar-refractivity contribution in [3.8, 4) is 0 Å². The number of rotatable bonds is 5. The third kappa shape index (κ3) is 4.25. The standard InChI is InChI=1S/C24H34N6O2/c1-2-29-15-18(13-25-29)24(32)30-11-6-9-21(30)22-26-20-16-28(12-10-19(20)23(31)27-22)14-17-7-4-3-5-8-17/h13,15,17,21H,2-12,14,16H2,1H3,(H,26,27,31)/t21-/m1/s1. The van der Waals surface area contributed by atoms with Gasteiger partial charge in [-0.3, -0.25) is 19.2 Å². The van der Waals surface area contributed by atoms with Crippen LogP contribution < -0.4 is 5.56 Å². The number of aromatic nitrogens is 4. The van der Waals surface area contributed by atoms with Crippen LogP contribution in [0.5, 0.6) is 0 Å². The van der Waals surface area contributed by atoms with E-state index >= 15 is 0 Å². The molecule has 2 fully saturated rings. The van der Waals surface area contributed by atoms with E-state index in [2.05, 4.69) is 15.0 Å². The van der Waals surface area contributed by atoms with Gasteiger partial charge in [-0.25, -0.2) is 4.98 Å². The molecular formula is C24H34N6O2. The molecule has 2 aromatic heterocycles. The van der Waals surface area contributed by atoms with Crippen LogP contribution in [0.1, 0.15) is 85.4 Å². The van der Waals surface area contributed by atoms with Gasteiger partial charge < -0.3 is 9.88 Å². The molecule has 0 unspecified atom stereocenters. The molecule has 0 radical (unpaired) electrons. The first-order valence-corrected chi connectivity index (χ1v) is 12.3. The molecule has 1 saturated carbocycles. The van der Waals surface area contributed by atoms with E-state index < -0.39 is 0 Å². The fourth-order valence-electron chi connectivity index (χ4n) is 5.67. The van der Waals surface area contributed by atoms with Gasteiger partial charge in [0.25, 0.3) is 11.5 Å². The van der Waals surface area contributed by atoms with Crippen molar-refractivity contribution < 1.29 is 4.79 Å². The van der Waals surface area contributed by atoms with Gasteiger partial charge in [0.05, 0.1) is 23.5 Å². The highest BCUT2D eigenvalue weighted by atomic mass is 16.2. The number of aryl methyl sites for hydroxylation is 1. The molecule has 4 heterocycles. The van der Waals surface area contributed by atoms with Crippen LogP contribution in [0.2, 0.25) is 0 Å². The van der Waals surface area contributed by atoms with Gasteiger partial charge in [-0.05, 0) is 44.9 Å². The zero-order valence-corrected chi connectivity index (χ0v) is 19.1. The van der Waals surface area contributed by atoms with E-state index in [0.717, 1.165) is 62.6 Å². The molecule has 1 atom stereocenters. The summed E-state index contributed by atoms with van der Waals surface area (Å²) in [5.41, 5.74) is 2.30. The van der Waals surface area contributed by atoms with Gasteiger partial charge in [-0.1, -0.05) is 19.3 Å². The first-order chi connectivity index (χ1) is 15.6. The fourth-order valence-corrected chi connectivity index (χ4v) is 5.67. The summed E-state index contributed by atoms with van der Waals surface area (Å²) in [5.74, 6) is 1.38. The Kier molecular flexibility index (Phi) is 6.13. The summed E-state index contributed by atoms with van der Waals surface area (Å²) in [5, 5.41) is 4.24. The number of nitrogens with one attached hydrogen (secondary N) is 1. The molecule has 8 heteroatoms. The van der Waals surface area contributed by atoms with Gasteiger partial charge in [0, 0.05) is 44.5 Å². The van der Waals surface area contributed by atoms with Gasteiger partial charge in [0.1, 0.15) is 5.82 Å². The number of nitrogens with zero attached hydrogens (tertiary/aromatic N) is 5. The lowest BCUT2D eigenvalue weighted by Crippen LogP contribution is -2.39. The van der Waals surface area contributed by atoms with E-state index in [1.165, 1.54) is 32.1 Å². The van der Waals surface area contributed by atoms with E-state index in [4.69, 9.17) is 4.98 Å². The van der Waals surface area contributed by atoms with Crippen LogP contribution in [0.25, 0.3) is 0 Å². The second-order valence-corrected chi connectivity index (χ2v) is 9.61. The smallest absolute Gasteiger partial charge is 0.257 e. The van der Waals surface area contributed by atoms with Crippen molar-refractivity contribution in [3.05, 3.63) is 45.4 Å². The summed E-state index contributed by atoms with van der Waals surface area (Å²) in [6, 6.07) is -0.181. The van der Waals surface area contributed by atoms with Crippen molar-refractivity contribution in [1.29, 1.82) is 0 Å². The Labute approximate surface area is 189 Å². The summed E-state index contributed by atoms with van der Waals surface area (Å²) < 4.78 is 1.76. The van der Waals surface area contributed by atoms with E-state index in [9.17, 15) is 9.59 Å². The quantitative estimate of drug-likeness (QED) is 0.776. The van der Waals surface area contributed by atoms with E-state index in [1.54, 1.807) is 17.1 Å². The highest BCUT2D eigenvalue weighted by Crippen LogP contribution is 2.32. The van der Waals surface area contributed by atoms with Crippen LogP contribution in [0.3, 0.4) is 0 Å². The van der Waals surface area contributed by atoms with Crippen LogP contribution >= 0.6 is 0 Å². The molecule has 172 valence electrons. The van der Waals surface area contributed by atoms with Crippen LogP contribution in [0, 0.1) is 5.92 Å². The van der Waals surface area contributed by atoms with E-state index in [-0.39, 0.29) is 17.5 Å². The van der Waals surface area contributed by atoms with Crippen LogP contribution in [0.15, 0.2) is 17.2 Å². The lowest BCUT2D eigenvalue weighted by atomic mass is 9.88. The van der Waals surface area contributed by atoms with Crippen molar-refractivity contribution in [3.63, 3.8) is 0 Å². The normalized spacial score (nSPS) is 22.3. The maximum Gasteiger partial charge on any atom is 0.257 e. The summed E-state index contributed by atoms with van der Waals surface area (Å²) in [4.78, 5) is 38.3. The zero-order chi connectivity index (χ0) is 22.1. The number of likely N-dealkylation sites (tertiary alicyclic amines) is 1. The lowest BCUT2D eigenvalue weighted by molar-refractivity contribution is 0.0729. The first kappa shape index (κ1) is 21.4. The molecule has 1 aliphatic carbocycles. The number of hydrogen-bond acceptors (Lipinski definition) is 5. The third-order valence-corrected chi connectivity index (χ3v) is 7.45. The van der Waals surface area contributed by atoms with Crippen LogP contribution in [-0.2, 0) is 19.5 Å². The maximum atomic E-state index is 13.2. The molecule has 0 spiro atoms. The van der Waals surface area contributed by atoms with Crippen molar-refractivity contribution in [1.82, 2.24) is 29.5 Å². The molecule has 2 aromatic rings. The second-order valence-electron chi connectivity index (χ2n) is 9.61. The summed E-state index contributed by atoms with van der Waals surface area (Å²) >= 11 is 0. The molecular weight excluding hydrogens is 404 g/mol. The highest BCUT2D eigenvalue weighted by molar-refractivity contribution is 5.94. The Hall–Kier alpha value is -2.48. The maximum absolute atomic E-state index is 13.2. The second kappa shape index (κ2) is 9.17. The van der Waals surface area contributed by atoms with Gasteiger partial charge in [-0.15, -0.1) is 0 Å². The molecule has 5 rings (SSSR count). The molecule has 0 bridgehead atoms. The molecule has 3 aliphatic rings. The summed E-state index contributed by atoms with van der Waals surface area (Å²) in [7, 11) is 0. The van der Waals surface area contributed by atoms with E-state index in [1.807, 2.05) is 11.8 Å². The van der Waals surface area contributed by atoms with Crippen molar-refractivity contribution in [2.45, 2.75) is 77.4 Å². The van der Waals surface area contributed by atoms with Gasteiger partial charge in [0.15, 0.2) is 0 Å². The predicted octanol–water partition coefficient (Wildman–Crippen LogP) is 2.90. The molecule has 1 saturated heterocycles.